The molecule has 0 bridgehead atoms. The van der Waals surface area contributed by atoms with Crippen LogP contribution in [0.1, 0.15) is 75.6 Å². The molecule has 2 rings (SSSR count). The zero-order chi connectivity index (χ0) is 21.6. The van der Waals surface area contributed by atoms with E-state index in [-0.39, 0.29) is 0 Å². The summed E-state index contributed by atoms with van der Waals surface area (Å²) < 4.78 is 16.9. The minimum atomic E-state index is -0.497. The van der Waals surface area contributed by atoms with Crippen molar-refractivity contribution in [3.05, 3.63) is 53.1 Å². The summed E-state index contributed by atoms with van der Waals surface area (Å²) in [7, 11) is 0. The maximum Gasteiger partial charge on any atom is 0.345 e. The molecule has 0 radical (unpaired) electrons. The van der Waals surface area contributed by atoms with Crippen LogP contribution in [0.4, 0.5) is 0 Å². The molecule has 0 aromatic heterocycles. The number of carbonyl (C=O) groups is 1. The number of halogens is 1. The van der Waals surface area contributed by atoms with E-state index >= 15 is 0 Å². The van der Waals surface area contributed by atoms with Gasteiger partial charge >= 0.3 is 5.97 Å². The largest absolute Gasteiger partial charge is 0.494 e. The van der Waals surface area contributed by atoms with E-state index in [1.807, 2.05) is 0 Å². The first kappa shape index (κ1) is 24.1. The Kier molecular flexibility index (Phi) is 11.2. The number of ether oxygens (including phenoxy) is 3. The van der Waals surface area contributed by atoms with Crippen LogP contribution in [-0.4, -0.2) is 19.2 Å². The third kappa shape index (κ3) is 8.66. The molecular formula is C25H33ClO4. The lowest BCUT2D eigenvalue weighted by atomic mass is 10.2. The van der Waals surface area contributed by atoms with Crippen LogP contribution in [0, 0.1) is 0 Å². The normalized spacial score (nSPS) is 10.6. The first-order chi connectivity index (χ1) is 14.6. The van der Waals surface area contributed by atoms with Crippen molar-refractivity contribution in [2.75, 3.05) is 13.2 Å². The Morgan fingerprint density at radius 3 is 1.83 bits per heavy atom. The number of carbonyl (C=O) groups excluding carboxylic acids is 1. The third-order valence-corrected chi connectivity index (χ3v) is 5.04. The Balaban J connectivity index is 1.82. The summed E-state index contributed by atoms with van der Waals surface area (Å²) in [6, 6.07) is 12.1. The number of unbranched alkanes of at least 4 members (excludes halogenated alkanes) is 6. The average Bonchev–Trinajstić information content (AvgIpc) is 2.74. The second kappa shape index (κ2) is 13.9. The van der Waals surface area contributed by atoms with E-state index in [2.05, 4.69) is 13.8 Å². The topological polar surface area (TPSA) is 44.8 Å². The van der Waals surface area contributed by atoms with Crippen molar-refractivity contribution in [1.82, 2.24) is 0 Å². The highest BCUT2D eigenvalue weighted by Crippen LogP contribution is 2.25. The molecule has 0 atom stereocenters. The zero-order valence-corrected chi connectivity index (χ0v) is 18.9. The van der Waals surface area contributed by atoms with Gasteiger partial charge in [-0.15, -0.1) is 0 Å². The molecule has 0 aliphatic carbocycles. The third-order valence-electron chi connectivity index (χ3n) is 4.73. The zero-order valence-electron chi connectivity index (χ0n) is 18.1. The highest BCUT2D eigenvalue weighted by Gasteiger charge is 2.14. The first-order valence-electron chi connectivity index (χ1n) is 11.0. The molecule has 0 saturated carbocycles. The number of benzene rings is 2. The fraction of sp³-hybridized carbons (Fsp3) is 0.480. The Labute approximate surface area is 185 Å². The monoisotopic (exact) mass is 432 g/mol. The van der Waals surface area contributed by atoms with Gasteiger partial charge in [0.2, 0.25) is 0 Å². The highest BCUT2D eigenvalue weighted by atomic mass is 35.5. The maximum absolute atomic E-state index is 12.5. The van der Waals surface area contributed by atoms with E-state index in [9.17, 15) is 4.79 Å². The lowest BCUT2D eigenvalue weighted by Crippen LogP contribution is -2.09. The molecule has 0 aliphatic rings. The maximum atomic E-state index is 12.5. The van der Waals surface area contributed by atoms with Crippen molar-refractivity contribution in [3.8, 4) is 17.2 Å². The van der Waals surface area contributed by atoms with E-state index in [0.29, 0.717) is 35.3 Å². The first-order valence-corrected chi connectivity index (χ1v) is 11.4. The molecule has 2 aromatic rings. The van der Waals surface area contributed by atoms with Gasteiger partial charge in [0, 0.05) is 0 Å². The minimum Gasteiger partial charge on any atom is -0.494 e. The van der Waals surface area contributed by atoms with Gasteiger partial charge in [-0.3, -0.25) is 0 Å². The molecular weight excluding hydrogens is 400 g/mol. The van der Waals surface area contributed by atoms with E-state index in [1.165, 1.54) is 32.1 Å². The van der Waals surface area contributed by atoms with Crippen LogP contribution in [0.3, 0.4) is 0 Å². The van der Waals surface area contributed by atoms with Crippen LogP contribution in [0.15, 0.2) is 42.5 Å². The fourth-order valence-corrected chi connectivity index (χ4v) is 3.20. The molecule has 5 heteroatoms. The molecule has 0 heterocycles. The summed E-state index contributed by atoms with van der Waals surface area (Å²) in [6.45, 7) is 5.71. The van der Waals surface area contributed by atoms with Crippen LogP contribution in [0.2, 0.25) is 5.02 Å². The SMILES string of the molecule is CCCCCCOc1ccc(OC(=O)c2ccc(OCCCCCC)cc2Cl)cc1. The summed E-state index contributed by atoms with van der Waals surface area (Å²) in [5.41, 5.74) is 0.311. The van der Waals surface area contributed by atoms with Crippen molar-refractivity contribution in [2.24, 2.45) is 0 Å². The molecule has 30 heavy (non-hydrogen) atoms. The van der Waals surface area contributed by atoms with E-state index in [4.69, 9.17) is 25.8 Å². The average molecular weight is 433 g/mol. The molecule has 0 spiro atoms. The molecule has 164 valence electrons. The summed E-state index contributed by atoms with van der Waals surface area (Å²) in [5, 5.41) is 0.318. The van der Waals surface area contributed by atoms with Crippen molar-refractivity contribution in [3.63, 3.8) is 0 Å². The van der Waals surface area contributed by atoms with Crippen LogP contribution in [-0.2, 0) is 0 Å². The number of hydrogen-bond donors (Lipinski definition) is 0. The van der Waals surface area contributed by atoms with E-state index in [0.717, 1.165) is 25.0 Å². The van der Waals surface area contributed by atoms with Gasteiger partial charge in [0.25, 0.3) is 0 Å². The van der Waals surface area contributed by atoms with Crippen molar-refractivity contribution in [2.45, 2.75) is 65.2 Å². The van der Waals surface area contributed by atoms with Gasteiger partial charge in [-0.2, -0.15) is 0 Å². The van der Waals surface area contributed by atoms with Crippen molar-refractivity contribution in [1.29, 1.82) is 0 Å². The molecule has 0 saturated heterocycles. The van der Waals surface area contributed by atoms with Crippen molar-refractivity contribution >= 4 is 17.6 Å². The predicted molar refractivity (Wildman–Crippen MR) is 122 cm³/mol. The van der Waals surface area contributed by atoms with Gasteiger partial charge in [-0.1, -0.05) is 64.0 Å². The number of rotatable bonds is 14. The van der Waals surface area contributed by atoms with Gasteiger partial charge < -0.3 is 14.2 Å². The smallest absolute Gasteiger partial charge is 0.345 e. The molecule has 0 unspecified atom stereocenters. The molecule has 0 fully saturated rings. The minimum absolute atomic E-state index is 0.311. The fourth-order valence-electron chi connectivity index (χ4n) is 2.95. The predicted octanol–water partition coefficient (Wildman–Crippen LogP) is 7.48. The van der Waals surface area contributed by atoms with Gasteiger partial charge in [-0.05, 0) is 55.3 Å². The summed E-state index contributed by atoms with van der Waals surface area (Å²) in [6.07, 6.45) is 9.21. The van der Waals surface area contributed by atoms with Gasteiger partial charge in [0.15, 0.2) is 0 Å². The standard InChI is InChI=1S/C25H33ClO4/c1-3-5-7-9-17-28-20-11-13-21(14-12-20)30-25(27)23-16-15-22(19-24(23)26)29-18-10-8-6-4-2/h11-16,19H,3-10,17-18H2,1-2H3. The lowest BCUT2D eigenvalue weighted by molar-refractivity contribution is 0.0734. The lowest BCUT2D eigenvalue weighted by Gasteiger charge is -2.10. The van der Waals surface area contributed by atoms with E-state index < -0.39 is 5.97 Å². The Morgan fingerprint density at radius 1 is 0.733 bits per heavy atom. The van der Waals surface area contributed by atoms with Crippen LogP contribution >= 0.6 is 11.6 Å². The van der Waals surface area contributed by atoms with Crippen LogP contribution in [0.5, 0.6) is 17.2 Å². The molecule has 0 N–H and O–H groups in total. The van der Waals surface area contributed by atoms with Gasteiger partial charge in [0.1, 0.15) is 17.2 Å². The second-order valence-electron chi connectivity index (χ2n) is 7.32. The van der Waals surface area contributed by atoms with Gasteiger partial charge in [0.05, 0.1) is 23.8 Å². The van der Waals surface area contributed by atoms with Crippen molar-refractivity contribution < 1.29 is 19.0 Å². The van der Waals surface area contributed by atoms with E-state index in [1.54, 1.807) is 42.5 Å². The summed E-state index contributed by atoms with van der Waals surface area (Å²) in [4.78, 5) is 12.5. The summed E-state index contributed by atoms with van der Waals surface area (Å²) >= 11 is 6.27. The Morgan fingerprint density at radius 2 is 1.27 bits per heavy atom. The molecule has 4 nitrogen and oxygen atoms in total. The van der Waals surface area contributed by atoms with Crippen LogP contribution in [0.25, 0.3) is 0 Å². The number of esters is 1. The quantitative estimate of drug-likeness (QED) is 0.176. The number of hydrogen-bond acceptors (Lipinski definition) is 4. The Bertz CT molecular complexity index is 758. The second-order valence-corrected chi connectivity index (χ2v) is 7.73. The summed E-state index contributed by atoms with van der Waals surface area (Å²) in [5.74, 6) is 1.38. The van der Waals surface area contributed by atoms with Crippen LogP contribution < -0.4 is 14.2 Å². The van der Waals surface area contributed by atoms with Gasteiger partial charge in [-0.25, -0.2) is 4.79 Å². The molecule has 0 aliphatic heterocycles. The molecule has 2 aromatic carbocycles. The molecule has 0 amide bonds. The Hall–Kier alpha value is -2.20. The highest BCUT2D eigenvalue weighted by molar-refractivity contribution is 6.33.